The van der Waals surface area contributed by atoms with E-state index in [1.54, 1.807) is 17.2 Å². The van der Waals surface area contributed by atoms with Gasteiger partial charge >= 0.3 is 5.69 Å². The van der Waals surface area contributed by atoms with Crippen molar-refractivity contribution in [1.29, 1.82) is 0 Å². The Bertz CT molecular complexity index is 522. The van der Waals surface area contributed by atoms with Gasteiger partial charge in [0.25, 0.3) is 0 Å². The van der Waals surface area contributed by atoms with Crippen molar-refractivity contribution in [2.45, 2.75) is 0 Å². The minimum absolute atomic E-state index is 0.451. The Kier molecular flexibility index (Phi) is 2.70. The van der Waals surface area contributed by atoms with Gasteiger partial charge in [-0.1, -0.05) is 12.2 Å². The van der Waals surface area contributed by atoms with Gasteiger partial charge in [0.05, 0.1) is 10.6 Å². The van der Waals surface area contributed by atoms with E-state index in [4.69, 9.17) is 0 Å². The van der Waals surface area contributed by atoms with Gasteiger partial charge in [-0.25, -0.2) is 0 Å². The molecule has 0 aliphatic carbocycles. The molecule has 88 valence electrons. The molecule has 0 saturated carbocycles. The number of rotatable bonds is 2. The zero-order valence-corrected chi connectivity index (χ0v) is 8.78. The third-order valence-corrected chi connectivity index (χ3v) is 2.40. The Morgan fingerprint density at radius 3 is 2.65 bits per heavy atom. The van der Waals surface area contributed by atoms with Gasteiger partial charge < -0.3 is 15.1 Å². The van der Waals surface area contributed by atoms with Gasteiger partial charge in [0.1, 0.15) is 0 Å². The van der Waals surface area contributed by atoms with Crippen LogP contribution in [0.5, 0.6) is 11.5 Å². The third-order valence-electron chi connectivity index (χ3n) is 2.40. The Balaban J connectivity index is 2.45. The lowest BCUT2D eigenvalue weighted by molar-refractivity contribution is -0.385. The van der Waals surface area contributed by atoms with Crippen LogP contribution >= 0.6 is 0 Å². The summed E-state index contributed by atoms with van der Waals surface area (Å²) in [7, 11) is 0. The second kappa shape index (κ2) is 4.17. The highest BCUT2D eigenvalue weighted by Gasteiger charge is 2.20. The first kappa shape index (κ1) is 11.0. The average Bonchev–Trinajstić information content (AvgIpc) is 2.33. The van der Waals surface area contributed by atoms with Crippen molar-refractivity contribution in [3.8, 4) is 11.5 Å². The number of phenols is 2. The second-order valence-corrected chi connectivity index (χ2v) is 3.51. The van der Waals surface area contributed by atoms with Gasteiger partial charge in [-0.3, -0.25) is 10.1 Å². The van der Waals surface area contributed by atoms with Gasteiger partial charge in [-0.05, 0) is 6.08 Å². The van der Waals surface area contributed by atoms with Crippen LogP contribution in [0.25, 0.3) is 0 Å². The van der Waals surface area contributed by atoms with Gasteiger partial charge in [0.15, 0.2) is 5.75 Å². The molecule has 1 aliphatic heterocycles. The van der Waals surface area contributed by atoms with E-state index in [9.17, 15) is 20.3 Å². The molecule has 2 rings (SSSR count). The number of aromatic hydroxyl groups is 2. The van der Waals surface area contributed by atoms with Gasteiger partial charge in [0.2, 0.25) is 5.75 Å². The monoisotopic (exact) mass is 234 g/mol. The van der Waals surface area contributed by atoms with Crippen LogP contribution in [0.2, 0.25) is 0 Å². The summed E-state index contributed by atoms with van der Waals surface area (Å²) in [5.74, 6) is -1.22. The maximum atomic E-state index is 10.7. The number of nitro benzene ring substituents is 1. The van der Waals surface area contributed by atoms with Crippen LogP contribution in [-0.2, 0) is 0 Å². The maximum Gasteiger partial charge on any atom is 0.316 e. The zero-order chi connectivity index (χ0) is 12.4. The highest BCUT2D eigenvalue weighted by atomic mass is 16.6. The van der Waals surface area contributed by atoms with E-state index in [1.807, 2.05) is 12.2 Å². The fraction of sp³-hybridized carbons (Fsp3) is 0.0909. The molecule has 0 atom stereocenters. The number of nitrogens with zero attached hydrogens (tertiary/aromatic N) is 2. The largest absolute Gasteiger partial charge is 0.504 e. The molecular formula is C11H10N2O4. The van der Waals surface area contributed by atoms with Gasteiger partial charge in [0, 0.05) is 24.9 Å². The predicted molar refractivity (Wildman–Crippen MR) is 62.1 cm³/mol. The molecule has 2 N–H and O–H groups in total. The standard InChI is InChI=1S/C11H10N2O4/c14-10-7-8(12-4-2-1-3-5-12)6-9(11(10)15)13(16)17/h1-4,6-7,14-15H,5H2. The van der Waals surface area contributed by atoms with Crippen LogP contribution in [0.15, 0.2) is 36.6 Å². The average molecular weight is 234 g/mol. The molecule has 0 unspecified atom stereocenters. The van der Waals surface area contributed by atoms with Crippen LogP contribution in [0.3, 0.4) is 0 Å². The molecule has 1 heterocycles. The van der Waals surface area contributed by atoms with Crippen LogP contribution < -0.4 is 4.90 Å². The molecule has 0 spiro atoms. The summed E-state index contributed by atoms with van der Waals surface area (Å²) in [6.07, 6.45) is 7.23. The molecule has 0 aromatic heterocycles. The highest BCUT2D eigenvalue weighted by molar-refractivity contribution is 5.67. The Morgan fingerprint density at radius 1 is 1.29 bits per heavy atom. The molecule has 0 radical (unpaired) electrons. The number of benzene rings is 1. The lowest BCUT2D eigenvalue weighted by Gasteiger charge is -2.20. The number of nitro groups is 1. The normalized spacial score (nSPS) is 14.0. The molecule has 6 heteroatoms. The first-order valence-corrected chi connectivity index (χ1v) is 4.90. The first-order chi connectivity index (χ1) is 8.09. The summed E-state index contributed by atoms with van der Waals surface area (Å²) in [5.41, 5.74) is -0.0597. The van der Waals surface area contributed by atoms with Crippen molar-refractivity contribution in [1.82, 2.24) is 0 Å². The predicted octanol–water partition coefficient (Wildman–Crippen LogP) is 1.90. The SMILES string of the molecule is O=[N+]([O-])c1cc(N2C=CC=CC2)cc(O)c1O. The summed E-state index contributed by atoms with van der Waals surface area (Å²) in [6, 6.07) is 2.50. The molecular weight excluding hydrogens is 224 g/mol. The molecule has 0 amide bonds. The Hall–Kier alpha value is -2.50. The molecule has 17 heavy (non-hydrogen) atoms. The first-order valence-electron chi connectivity index (χ1n) is 4.90. The second-order valence-electron chi connectivity index (χ2n) is 3.51. The summed E-state index contributed by atoms with van der Waals surface area (Å²) in [4.78, 5) is 11.7. The smallest absolute Gasteiger partial charge is 0.316 e. The molecule has 0 saturated heterocycles. The Labute approximate surface area is 96.9 Å². The van der Waals surface area contributed by atoms with Crippen molar-refractivity contribution in [2.24, 2.45) is 0 Å². The minimum Gasteiger partial charge on any atom is -0.504 e. The topological polar surface area (TPSA) is 86.8 Å². The molecule has 0 bridgehead atoms. The van der Waals surface area contributed by atoms with E-state index >= 15 is 0 Å². The number of phenolic OH excluding ortho intramolecular Hbond substituents is 2. The minimum atomic E-state index is -0.734. The van der Waals surface area contributed by atoms with E-state index in [0.29, 0.717) is 12.2 Å². The lowest BCUT2D eigenvalue weighted by atomic mass is 10.2. The van der Waals surface area contributed by atoms with Crippen molar-refractivity contribution in [2.75, 3.05) is 11.4 Å². The molecule has 0 fully saturated rings. The van der Waals surface area contributed by atoms with Crippen LogP contribution in [0.4, 0.5) is 11.4 Å². The summed E-state index contributed by atoms with van der Waals surface area (Å²) >= 11 is 0. The van der Waals surface area contributed by atoms with Gasteiger partial charge in [-0.15, -0.1) is 0 Å². The van der Waals surface area contributed by atoms with Crippen molar-refractivity contribution in [3.05, 3.63) is 46.7 Å². The lowest BCUT2D eigenvalue weighted by Crippen LogP contribution is -2.17. The number of allylic oxidation sites excluding steroid dienone is 2. The van der Waals surface area contributed by atoms with E-state index < -0.39 is 22.1 Å². The summed E-state index contributed by atoms with van der Waals surface area (Å²) in [6.45, 7) is 0.553. The van der Waals surface area contributed by atoms with Crippen molar-refractivity contribution >= 4 is 11.4 Å². The third kappa shape index (κ3) is 2.05. The summed E-state index contributed by atoms with van der Waals surface area (Å²) in [5, 5.41) is 29.5. The number of anilines is 1. The zero-order valence-electron chi connectivity index (χ0n) is 8.78. The van der Waals surface area contributed by atoms with Gasteiger partial charge in [-0.2, -0.15) is 0 Å². The molecule has 1 aliphatic rings. The quantitative estimate of drug-likeness (QED) is 0.463. The molecule has 1 aromatic carbocycles. The maximum absolute atomic E-state index is 10.7. The number of hydrogen-bond acceptors (Lipinski definition) is 5. The fourth-order valence-electron chi connectivity index (χ4n) is 1.55. The van der Waals surface area contributed by atoms with Crippen molar-refractivity contribution in [3.63, 3.8) is 0 Å². The van der Waals surface area contributed by atoms with E-state index in [0.717, 1.165) is 0 Å². The Morgan fingerprint density at radius 2 is 2.06 bits per heavy atom. The summed E-state index contributed by atoms with van der Waals surface area (Å²) < 4.78 is 0. The molecule has 6 nitrogen and oxygen atoms in total. The fourth-order valence-corrected chi connectivity index (χ4v) is 1.55. The van der Waals surface area contributed by atoms with Crippen molar-refractivity contribution < 1.29 is 15.1 Å². The molecule has 1 aromatic rings. The van der Waals surface area contributed by atoms with Crippen LogP contribution in [-0.4, -0.2) is 21.7 Å². The van der Waals surface area contributed by atoms with Crippen LogP contribution in [0.1, 0.15) is 0 Å². The highest BCUT2D eigenvalue weighted by Crippen LogP contribution is 2.39. The number of hydrogen-bond donors (Lipinski definition) is 2. The van der Waals surface area contributed by atoms with E-state index in [-0.39, 0.29) is 0 Å². The van der Waals surface area contributed by atoms with Crippen LogP contribution in [0, 0.1) is 10.1 Å². The van der Waals surface area contributed by atoms with E-state index in [1.165, 1.54) is 12.1 Å². The van der Waals surface area contributed by atoms with E-state index in [2.05, 4.69) is 0 Å².